The van der Waals surface area contributed by atoms with Gasteiger partial charge in [0, 0.05) is 19.2 Å². The van der Waals surface area contributed by atoms with Gasteiger partial charge in [-0.15, -0.1) is 0 Å². The van der Waals surface area contributed by atoms with Crippen molar-refractivity contribution in [1.82, 2.24) is 4.90 Å². The van der Waals surface area contributed by atoms with E-state index in [4.69, 9.17) is 5.11 Å². The lowest BCUT2D eigenvalue weighted by molar-refractivity contribution is -0.141. The van der Waals surface area contributed by atoms with Gasteiger partial charge in [-0.05, 0) is 38.0 Å². The number of amides is 1. The minimum absolute atomic E-state index is 0.00306. The molecule has 100 valence electrons. The van der Waals surface area contributed by atoms with Crippen molar-refractivity contribution in [2.75, 3.05) is 13.1 Å². The summed E-state index contributed by atoms with van der Waals surface area (Å²) in [7, 11) is 0. The van der Waals surface area contributed by atoms with E-state index in [2.05, 4.69) is 6.92 Å². The van der Waals surface area contributed by atoms with Crippen molar-refractivity contribution >= 4 is 11.9 Å². The number of carbonyl (C=O) groups is 2. The third kappa shape index (κ3) is 3.12. The SMILES string of the molecule is CC1CCC(=CC(=O)N2CC[C@@H](C(=O)O)C2)CC1. The molecular formula is C14H21NO3. The first-order chi connectivity index (χ1) is 8.56. The summed E-state index contributed by atoms with van der Waals surface area (Å²) in [6.45, 7) is 3.20. The maximum Gasteiger partial charge on any atom is 0.308 e. The average molecular weight is 251 g/mol. The molecule has 1 saturated heterocycles. The average Bonchev–Trinajstić information content (AvgIpc) is 2.81. The van der Waals surface area contributed by atoms with Gasteiger partial charge in [-0.1, -0.05) is 12.5 Å². The number of nitrogens with zero attached hydrogens (tertiary/aromatic N) is 1. The predicted molar refractivity (Wildman–Crippen MR) is 68.0 cm³/mol. The van der Waals surface area contributed by atoms with E-state index in [0.29, 0.717) is 19.5 Å². The first kappa shape index (κ1) is 13.1. The van der Waals surface area contributed by atoms with E-state index < -0.39 is 5.97 Å². The van der Waals surface area contributed by atoms with Gasteiger partial charge >= 0.3 is 5.97 Å². The van der Waals surface area contributed by atoms with E-state index in [0.717, 1.165) is 31.6 Å². The Labute approximate surface area is 108 Å². The third-order valence-corrected chi connectivity index (χ3v) is 4.09. The van der Waals surface area contributed by atoms with Gasteiger partial charge in [0.15, 0.2) is 0 Å². The molecule has 0 aromatic heterocycles. The number of rotatable bonds is 2. The molecular weight excluding hydrogens is 230 g/mol. The van der Waals surface area contributed by atoms with E-state index in [1.165, 1.54) is 5.57 Å². The van der Waals surface area contributed by atoms with Crippen molar-refractivity contribution in [1.29, 1.82) is 0 Å². The zero-order valence-electron chi connectivity index (χ0n) is 10.9. The fourth-order valence-corrected chi connectivity index (χ4v) is 2.71. The van der Waals surface area contributed by atoms with Crippen molar-refractivity contribution in [3.8, 4) is 0 Å². The van der Waals surface area contributed by atoms with Crippen LogP contribution in [0.3, 0.4) is 0 Å². The molecule has 1 saturated carbocycles. The summed E-state index contributed by atoms with van der Waals surface area (Å²) in [6.07, 6.45) is 6.69. The number of carboxylic acid groups (broad SMARTS) is 1. The van der Waals surface area contributed by atoms with E-state index in [1.54, 1.807) is 11.0 Å². The molecule has 1 aliphatic heterocycles. The zero-order chi connectivity index (χ0) is 13.1. The van der Waals surface area contributed by atoms with Gasteiger partial charge in [-0.2, -0.15) is 0 Å². The second-order valence-electron chi connectivity index (χ2n) is 5.59. The molecule has 0 aromatic rings. The maximum atomic E-state index is 12.0. The van der Waals surface area contributed by atoms with Gasteiger partial charge in [0.1, 0.15) is 0 Å². The lowest BCUT2D eigenvalue weighted by Crippen LogP contribution is -2.28. The van der Waals surface area contributed by atoms with Crippen LogP contribution in [0.1, 0.15) is 39.0 Å². The number of carbonyl (C=O) groups excluding carboxylic acids is 1. The molecule has 1 N–H and O–H groups in total. The molecule has 0 bridgehead atoms. The topological polar surface area (TPSA) is 57.6 Å². The van der Waals surface area contributed by atoms with Crippen molar-refractivity contribution in [2.45, 2.75) is 39.0 Å². The third-order valence-electron chi connectivity index (χ3n) is 4.09. The number of hydrogen-bond acceptors (Lipinski definition) is 2. The lowest BCUT2D eigenvalue weighted by atomic mass is 9.87. The Bertz CT molecular complexity index is 365. The molecule has 2 fully saturated rings. The molecule has 4 heteroatoms. The quantitative estimate of drug-likeness (QED) is 0.764. The highest BCUT2D eigenvalue weighted by Gasteiger charge is 2.30. The Morgan fingerprint density at radius 2 is 1.94 bits per heavy atom. The molecule has 2 aliphatic rings. The predicted octanol–water partition coefficient (Wildman–Crippen LogP) is 2.06. The van der Waals surface area contributed by atoms with Gasteiger partial charge in [-0.25, -0.2) is 0 Å². The molecule has 1 heterocycles. The molecule has 1 aliphatic carbocycles. The first-order valence-electron chi connectivity index (χ1n) is 6.77. The van der Waals surface area contributed by atoms with Gasteiger partial charge in [0.2, 0.25) is 5.91 Å². The van der Waals surface area contributed by atoms with Crippen LogP contribution in [0.25, 0.3) is 0 Å². The van der Waals surface area contributed by atoms with Gasteiger partial charge in [-0.3, -0.25) is 9.59 Å². The van der Waals surface area contributed by atoms with Gasteiger partial charge in [0.05, 0.1) is 5.92 Å². The molecule has 0 radical (unpaired) electrons. The molecule has 1 amide bonds. The molecule has 0 unspecified atom stereocenters. The van der Waals surface area contributed by atoms with Crippen LogP contribution in [-0.4, -0.2) is 35.0 Å². The number of carboxylic acids is 1. The normalized spacial score (nSPS) is 28.3. The van der Waals surface area contributed by atoms with Gasteiger partial charge in [0.25, 0.3) is 0 Å². The maximum absolute atomic E-state index is 12.0. The minimum Gasteiger partial charge on any atom is -0.481 e. The molecule has 18 heavy (non-hydrogen) atoms. The fraction of sp³-hybridized carbons (Fsp3) is 0.714. The first-order valence-corrected chi connectivity index (χ1v) is 6.77. The zero-order valence-corrected chi connectivity index (χ0v) is 10.9. The number of aliphatic carboxylic acids is 1. The number of likely N-dealkylation sites (tertiary alicyclic amines) is 1. The van der Waals surface area contributed by atoms with Crippen molar-refractivity contribution in [3.05, 3.63) is 11.6 Å². The largest absolute Gasteiger partial charge is 0.481 e. The highest BCUT2D eigenvalue weighted by atomic mass is 16.4. The van der Waals surface area contributed by atoms with Gasteiger partial charge < -0.3 is 10.0 Å². The number of allylic oxidation sites excluding steroid dienone is 1. The van der Waals surface area contributed by atoms with Crippen LogP contribution in [0.15, 0.2) is 11.6 Å². The van der Waals surface area contributed by atoms with Crippen LogP contribution in [-0.2, 0) is 9.59 Å². The summed E-state index contributed by atoms with van der Waals surface area (Å²) in [5, 5.41) is 8.91. The Kier molecular flexibility index (Phi) is 4.04. The van der Waals surface area contributed by atoms with E-state index in [1.807, 2.05) is 0 Å². The van der Waals surface area contributed by atoms with E-state index >= 15 is 0 Å². The molecule has 2 rings (SSSR count). The standard InChI is InChI=1S/C14H21NO3/c1-10-2-4-11(5-3-10)8-13(16)15-7-6-12(9-15)14(17)18/h8,10,12H,2-7,9H2,1H3,(H,17,18)/t10?,12-/m1/s1. The number of hydrogen-bond donors (Lipinski definition) is 1. The lowest BCUT2D eigenvalue weighted by Gasteiger charge is -2.21. The van der Waals surface area contributed by atoms with Crippen LogP contribution in [0.5, 0.6) is 0 Å². The second-order valence-corrected chi connectivity index (χ2v) is 5.59. The van der Waals surface area contributed by atoms with Crippen molar-refractivity contribution < 1.29 is 14.7 Å². The van der Waals surface area contributed by atoms with E-state index in [-0.39, 0.29) is 11.8 Å². The molecule has 0 spiro atoms. The highest BCUT2D eigenvalue weighted by molar-refractivity contribution is 5.89. The Balaban J connectivity index is 1.89. The molecule has 4 nitrogen and oxygen atoms in total. The summed E-state index contributed by atoms with van der Waals surface area (Å²) in [5.74, 6) is -0.396. The monoisotopic (exact) mass is 251 g/mol. The van der Waals surface area contributed by atoms with Crippen LogP contribution in [0.4, 0.5) is 0 Å². The van der Waals surface area contributed by atoms with Crippen LogP contribution < -0.4 is 0 Å². The van der Waals surface area contributed by atoms with Crippen molar-refractivity contribution in [2.24, 2.45) is 11.8 Å². The molecule has 0 aromatic carbocycles. The van der Waals surface area contributed by atoms with Crippen molar-refractivity contribution in [3.63, 3.8) is 0 Å². The fourth-order valence-electron chi connectivity index (χ4n) is 2.71. The summed E-state index contributed by atoms with van der Waals surface area (Å²) >= 11 is 0. The van der Waals surface area contributed by atoms with Crippen LogP contribution >= 0.6 is 0 Å². The smallest absolute Gasteiger partial charge is 0.308 e. The van der Waals surface area contributed by atoms with Crippen LogP contribution in [0, 0.1) is 11.8 Å². The summed E-state index contributed by atoms with van der Waals surface area (Å²) in [6, 6.07) is 0. The minimum atomic E-state index is -0.788. The Morgan fingerprint density at radius 3 is 2.50 bits per heavy atom. The summed E-state index contributed by atoms with van der Waals surface area (Å²) in [4.78, 5) is 24.5. The second kappa shape index (κ2) is 5.55. The Hall–Kier alpha value is -1.32. The summed E-state index contributed by atoms with van der Waals surface area (Å²) in [5.41, 5.74) is 1.23. The Morgan fingerprint density at radius 1 is 1.28 bits per heavy atom. The van der Waals surface area contributed by atoms with E-state index in [9.17, 15) is 9.59 Å². The van der Waals surface area contributed by atoms with Crippen LogP contribution in [0.2, 0.25) is 0 Å². The highest BCUT2D eigenvalue weighted by Crippen LogP contribution is 2.28. The molecule has 1 atom stereocenters. The summed E-state index contributed by atoms with van der Waals surface area (Å²) < 4.78 is 0.